The van der Waals surface area contributed by atoms with Crippen LogP contribution >= 0.6 is 7.14 Å². The highest BCUT2D eigenvalue weighted by atomic mass is 31.2. The van der Waals surface area contributed by atoms with Crippen LogP contribution in [0.4, 0.5) is 30.6 Å². The van der Waals surface area contributed by atoms with Crippen LogP contribution < -0.4 is 20.7 Å². The van der Waals surface area contributed by atoms with Gasteiger partial charge in [0.25, 0.3) is 0 Å². The number of methoxy groups -OCH3 is 1. The maximum Gasteiger partial charge on any atom is 0.418 e. The van der Waals surface area contributed by atoms with Gasteiger partial charge in [0.05, 0.1) is 23.7 Å². The first kappa shape index (κ1) is 25.2. The highest BCUT2D eigenvalue weighted by Crippen LogP contribution is 2.51. The SMILES string of the molecule is CNc1nc(Nc2ccc(P3(=O)C=CN(C4CCOCC4)C=C3)cc2OC)nc2[nH]cc(C(F)(F)F)c12. The molecule has 0 spiro atoms. The van der Waals surface area contributed by atoms with Crippen molar-refractivity contribution in [3.8, 4) is 5.75 Å². The largest absolute Gasteiger partial charge is 0.495 e. The van der Waals surface area contributed by atoms with Crippen LogP contribution in [0.3, 0.4) is 0 Å². The quantitative estimate of drug-likeness (QED) is 0.371. The van der Waals surface area contributed by atoms with E-state index in [1.807, 2.05) is 12.4 Å². The van der Waals surface area contributed by atoms with E-state index in [1.165, 1.54) is 14.2 Å². The monoisotopic (exact) mass is 534 g/mol. The summed E-state index contributed by atoms with van der Waals surface area (Å²) in [7, 11) is 0.0118. The molecule has 2 aliphatic rings. The summed E-state index contributed by atoms with van der Waals surface area (Å²) in [6.45, 7) is 1.43. The predicted octanol–water partition coefficient (Wildman–Crippen LogP) is 5.20. The number of hydrogen-bond acceptors (Lipinski definition) is 8. The van der Waals surface area contributed by atoms with Gasteiger partial charge in [-0.05, 0) is 42.7 Å². The van der Waals surface area contributed by atoms with Crippen LogP contribution in [0.5, 0.6) is 5.75 Å². The molecule has 37 heavy (non-hydrogen) atoms. The third-order valence-electron chi connectivity index (χ3n) is 6.44. The predicted molar refractivity (Wildman–Crippen MR) is 136 cm³/mol. The number of nitrogens with zero attached hydrogens (tertiary/aromatic N) is 3. The van der Waals surface area contributed by atoms with E-state index in [1.54, 1.807) is 29.8 Å². The molecule has 9 nitrogen and oxygen atoms in total. The van der Waals surface area contributed by atoms with E-state index in [0.29, 0.717) is 36.0 Å². The molecular weight excluding hydrogens is 508 g/mol. The molecule has 13 heteroatoms. The third kappa shape index (κ3) is 4.91. The minimum Gasteiger partial charge on any atom is -0.495 e. The molecule has 0 amide bonds. The van der Waals surface area contributed by atoms with Crippen molar-refractivity contribution in [2.24, 2.45) is 0 Å². The number of alkyl halides is 3. The zero-order chi connectivity index (χ0) is 26.2. The zero-order valence-electron chi connectivity index (χ0n) is 20.2. The van der Waals surface area contributed by atoms with Crippen LogP contribution in [0.15, 0.2) is 48.4 Å². The summed E-state index contributed by atoms with van der Waals surface area (Å²) < 4.78 is 64.8. The van der Waals surface area contributed by atoms with E-state index < -0.39 is 18.9 Å². The summed E-state index contributed by atoms with van der Waals surface area (Å²) in [6.07, 6.45) is 1.87. The molecule has 1 saturated heterocycles. The lowest BCUT2D eigenvalue weighted by atomic mass is 10.1. The van der Waals surface area contributed by atoms with Crippen molar-refractivity contribution < 1.29 is 27.2 Å². The summed E-state index contributed by atoms with van der Waals surface area (Å²) in [4.78, 5) is 13.1. The number of hydrogen-bond donors (Lipinski definition) is 3. The van der Waals surface area contributed by atoms with Crippen LogP contribution in [-0.4, -0.2) is 53.3 Å². The van der Waals surface area contributed by atoms with Gasteiger partial charge in [0.2, 0.25) is 5.95 Å². The molecule has 3 aromatic rings. The number of rotatable bonds is 6. The highest BCUT2D eigenvalue weighted by Gasteiger charge is 2.35. The number of fused-ring (bicyclic) bond motifs is 1. The van der Waals surface area contributed by atoms with Gasteiger partial charge in [-0.25, -0.2) is 0 Å². The number of nitrogens with one attached hydrogen (secondary N) is 3. The summed E-state index contributed by atoms with van der Waals surface area (Å²) in [5.74, 6) is 3.93. The van der Waals surface area contributed by atoms with Gasteiger partial charge in [-0.3, -0.25) is 0 Å². The molecule has 196 valence electrons. The summed E-state index contributed by atoms with van der Waals surface area (Å²) >= 11 is 0. The Labute approximate surface area is 211 Å². The van der Waals surface area contributed by atoms with Crippen molar-refractivity contribution in [3.05, 3.63) is 54.0 Å². The molecular formula is C24H26F3N6O3P. The van der Waals surface area contributed by atoms with Crippen LogP contribution in [-0.2, 0) is 15.5 Å². The Morgan fingerprint density at radius 3 is 2.57 bits per heavy atom. The third-order valence-corrected chi connectivity index (χ3v) is 8.68. The van der Waals surface area contributed by atoms with Crippen LogP contribution in [0.2, 0.25) is 0 Å². The van der Waals surface area contributed by atoms with Crippen molar-refractivity contribution in [1.82, 2.24) is 19.9 Å². The van der Waals surface area contributed by atoms with E-state index in [4.69, 9.17) is 9.47 Å². The molecule has 2 aliphatic heterocycles. The topological polar surface area (TPSA) is 104 Å². The molecule has 2 aromatic heterocycles. The van der Waals surface area contributed by atoms with E-state index in [9.17, 15) is 17.7 Å². The Morgan fingerprint density at radius 2 is 1.92 bits per heavy atom. The lowest BCUT2D eigenvalue weighted by Crippen LogP contribution is -2.33. The van der Waals surface area contributed by atoms with Gasteiger partial charge >= 0.3 is 6.18 Å². The molecule has 5 rings (SSSR count). The fraction of sp³-hybridized carbons (Fsp3) is 0.333. The Bertz CT molecular complexity index is 1400. The van der Waals surface area contributed by atoms with E-state index >= 15 is 0 Å². The Kier molecular flexibility index (Phi) is 6.63. The minimum absolute atomic E-state index is 0.0210. The summed E-state index contributed by atoms with van der Waals surface area (Å²) in [5, 5.41) is 6.14. The number of anilines is 3. The van der Waals surface area contributed by atoms with Crippen LogP contribution in [0, 0.1) is 0 Å². The Morgan fingerprint density at radius 1 is 1.19 bits per heavy atom. The first-order valence-electron chi connectivity index (χ1n) is 11.6. The maximum absolute atomic E-state index is 13.7. The normalized spacial score (nSPS) is 17.8. The van der Waals surface area contributed by atoms with Crippen molar-refractivity contribution in [1.29, 1.82) is 0 Å². The molecule has 0 aliphatic carbocycles. The number of ether oxygens (including phenoxy) is 2. The second kappa shape index (κ2) is 9.75. The molecule has 0 saturated carbocycles. The fourth-order valence-electron chi connectivity index (χ4n) is 4.46. The summed E-state index contributed by atoms with van der Waals surface area (Å²) in [5.41, 5.74) is -0.356. The van der Waals surface area contributed by atoms with Gasteiger partial charge in [0.1, 0.15) is 17.2 Å². The van der Waals surface area contributed by atoms with Gasteiger partial charge in [-0.2, -0.15) is 23.1 Å². The van der Waals surface area contributed by atoms with Gasteiger partial charge < -0.3 is 34.6 Å². The van der Waals surface area contributed by atoms with Crippen molar-refractivity contribution in [2.45, 2.75) is 25.1 Å². The molecule has 0 bridgehead atoms. The summed E-state index contributed by atoms with van der Waals surface area (Å²) in [6, 6.07) is 5.40. The standard InChI is InChI=1S/C24H26F3N6O3P/c1-28-21-20-17(24(25,26)27)14-29-22(20)32-23(31-21)30-18-4-3-16(13-19(18)35-2)37(34)11-7-33(8-12-37)15-5-9-36-10-6-15/h3-4,7-8,11-15H,5-6,9-10H2,1-2H3,(H3,28,29,30,31,32). The highest BCUT2D eigenvalue weighted by molar-refractivity contribution is 7.77. The average molecular weight is 534 g/mol. The lowest BCUT2D eigenvalue weighted by Gasteiger charge is -2.33. The van der Waals surface area contributed by atoms with E-state index in [2.05, 4.69) is 30.5 Å². The smallest absolute Gasteiger partial charge is 0.418 e. The van der Waals surface area contributed by atoms with E-state index in [-0.39, 0.29) is 22.8 Å². The molecule has 0 unspecified atom stereocenters. The number of aromatic nitrogens is 3. The van der Waals surface area contributed by atoms with Crippen LogP contribution in [0.1, 0.15) is 18.4 Å². The fourth-order valence-corrected chi connectivity index (χ4v) is 6.24. The molecule has 3 N–H and O–H groups in total. The van der Waals surface area contributed by atoms with Gasteiger partial charge in [-0.1, -0.05) is 0 Å². The number of halogens is 3. The average Bonchev–Trinajstić information content (AvgIpc) is 3.34. The molecule has 0 atom stereocenters. The number of H-pyrrole nitrogens is 1. The van der Waals surface area contributed by atoms with Gasteiger partial charge in [0, 0.05) is 50.2 Å². The Hall–Kier alpha value is -3.50. The second-order valence-corrected chi connectivity index (χ2v) is 11.2. The zero-order valence-corrected chi connectivity index (χ0v) is 21.1. The molecule has 1 fully saturated rings. The first-order chi connectivity index (χ1) is 17.7. The minimum atomic E-state index is -4.55. The van der Waals surface area contributed by atoms with Gasteiger partial charge in [-0.15, -0.1) is 0 Å². The van der Waals surface area contributed by atoms with Gasteiger partial charge in [0.15, 0.2) is 7.14 Å². The van der Waals surface area contributed by atoms with E-state index in [0.717, 1.165) is 19.0 Å². The van der Waals surface area contributed by atoms with Crippen molar-refractivity contribution in [2.75, 3.05) is 38.0 Å². The maximum atomic E-state index is 13.7. The number of benzene rings is 1. The van der Waals surface area contributed by atoms with Crippen molar-refractivity contribution in [3.63, 3.8) is 0 Å². The molecule has 4 heterocycles. The second-order valence-electron chi connectivity index (χ2n) is 8.68. The van der Waals surface area contributed by atoms with Crippen molar-refractivity contribution >= 4 is 40.9 Å². The number of aromatic amines is 1. The lowest BCUT2D eigenvalue weighted by molar-refractivity contribution is -0.136. The first-order valence-corrected chi connectivity index (χ1v) is 13.5. The Balaban J connectivity index is 1.40. The molecule has 1 aromatic carbocycles. The van der Waals surface area contributed by atoms with Crippen LogP contribution in [0.25, 0.3) is 11.0 Å². The molecule has 0 radical (unpaired) electrons.